The van der Waals surface area contributed by atoms with Gasteiger partial charge in [-0.3, -0.25) is 0 Å². The van der Waals surface area contributed by atoms with Crippen molar-refractivity contribution in [3.05, 3.63) is 57.6 Å². The molecule has 0 aliphatic heterocycles. The summed E-state index contributed by atoms with van der Waals surface area (Å²) in [5.41, 5.74) is 2.45. The molecule has 0 aromatic heterocycles. The molecule has 7 heteroatoms. The first-order valence-electron chi connectivity index (χ1n) is 12.1. The molecule has 0 bridgehead atoms. The van der Waals surface area contributed by atoms with E-state index in [9.17, 15) is 19.8 Å². The van der Waals surface area contributed by atoms with Crippen LogP contribution < -0.4 is 10.2 Å². The van der Waals surface area contributed by atoms with E-state index in [0.717, 1.165) is 22.3 Å². The number of aromatic carboxylic acids is 2. The van der Waals surface area contributed by atoms with Gasteiger partial charge in [0.25, 0.3) is 11.5 Å². The van der Waals surface area contributed by atoms with E-state index in [2.05, 4.69) is 0 Å². The van der Waals surface area contributed by atoms with Gasteiger partial charge in [-0.2, -0.15) is 0 Å². The zero-order valence-corrected chi connectivity index (χ0v) is 25.5. The first-order valence-corrected chi connectivity index (χ1v) is 12.1. The quantitative estimate of drug-likeness (QED) is 0.407. The second kappa shape index (κ2) is 11.5. The summed E-state index contributed by atoms with van der Waals surface area (Å²) in [4.78, 5) is 22.3. The first kappa shape index (κ1) is 34.5. The van der Waals surface area contributed by atoms with Crippen LogP contribution in [0.5, 0.6) is 11.5 Å². The average Bonchev–Trinajstić information content (AvgIpc) is 2.64. The van der Waals surface area contributed by atoms with Gasteiger partial charge in [-0.05, 0) is 57.1 Å². The number of carbonyl (C=O) groups is 2. The molecular weight excluding hydrogens is 511 g/mol. The largest absolute Gasteiger partial charge is 2.00 e. The van der Waals surface area contributed by atoms with Crippen LogP contribution in [0.2, 0.25) is 0 Å². The van der Waals surface area contributed by atoms with Gasteiger partial charge in [0, 0.05) is 0 Å². The second-order valence-corrected chi connectivity index (χ2v) is 13.5. The van der Waals surface area contributed by atoms with Crippen molar-refractivity contribution >= 4 is 11.9 Å². The van der Waals surface area contributed by atoms with E-state index in [1.165, 1.54) is 0 Å². The van der Waals surface area contributed by atoms with Crippen molar-refractivity contribution in [2.75, 3.05) is 0 Å². The Bertz CT molecular complexity index is 1050. The second-order valence-electron chi connectivity index (χ2n) is 13.5. The van der Waals surface area contributed by atoms with Crippen molar-refractivity contribution < 1.29 is 47.1 Å². The number of benzene rings is 2. The number of carboxylic acids is 2. The van der Waals surface area contributed by atoms with E-state index in [0.29, 0.717) is 0 Å². The van der Waals surface area contributed by atoms with Gasteiger partial charge in [-0.25, -0.2) is 0 Å². The Kier molecular flexibility index (Phi) is 10.7. The Hall–Kier alpha value is -2.50. The van der Waals surface area contributed by atoms with Crippen molar-refractivity contribution in [1.82, 2.24) is 0 Å². The van der Waals surface area contributed by atoms with Crippen molar-refractivity contribution in [1.29, 1.82) is 0 Å². The van der Waals surface area contributed by atoms with Crippen LogP contribution in [-0.4, -0.2) is 22.2 Å². The van der Waals surface area contributed by atoms with Gasteiger partial charge in [0.2, 0.25) is 0 Å². The minimum absolute atomic E-state index is 0. The van der Waals surface area contributed by atoms with Gasteiger partial charge >= 0.3 is 17.1 Å². The Balaban J connectivity index is 0.000000682. The fourth-order valence-electron chi connectivity index (χ4n) is 3.66. The van der Waals surface area contributed by atoms with Gasteiger partial charge in [0.15, 0.2) is 0 Å². The standard InChI is InChI=1S/2C15H22O3.Mn/c2*1-14(2,3)9-7-10(13(17)18)12(16)11(8-9)15(4,5)6;/h2*7-8,16H,1-6H3,(H,17,18);/q;;+2. The normalized spacial score (nSPS) is 12.2. The molecule has 0 unspecified atom stereocenters. The third-order valence-corrected chi connectivity index (χ3v) is 6.06. The maximum absolute atomic E-state index is 11.1. The molecular formula is C30H44MnO6+2. The van der Waals surface area contributed by atoms with E-state index in [4.69, 9.17) is 10.2 Å². The smallest absolute Gasteiger partial charge is 0.593 e. The Morgan fingerprint density at radius 1 is 0.541 bits per heavy atom. The monoisotopic (exact) mass is 555 g/mol. The first-order chi connectivity index (χ1) is 15.9. The average molecular weight is 556 g/mol. The van der Waals surface area contributed by atoms with Gasteiger partial charge in [-0.1, -0.05) is 83.1 Å². The fourth-order valence-corrected chi connectivity index (χ4v) is 3.66. The van der Waals surface area contributed by atoms with Gasteiger partial charge in [0.05, 0.1) is 34.2 Å². The number of carbonyl (C=O) groups excluding carboxylic acids is 2. The molecule has 0 amide bonds. The fraction of sp³-hybridized carbons (Fsp3) is 0.533. The third-order valence-electron chi connectivity index (χ3n) is 6.06. The molecule has 1 radical (unpaired) electrons. The molecule has 0 heterocycles. The van der Waals surface area contributed by atoms with E-state index in [1.54, 1.807) is 12.1 Å². The predicted octanol–water partition coefficient (Wildman–Crippen LogP) is 4.16. The summed E-state index contributed by atoms with van der Waals surface area (Å²) in [6.07, 6.45) is 0. The number of carboxylic acid groups (broad SMARTS) is 2. The zero-order chi connectivity index (χ0) is 28.6. The summed E-state index contributed by atoms with van der Waals surface area (Å²) in [6, 6.07) is 7.00. The van der Waals surface area contributed by atoms with Crippen LogP contribution in [0.4, 0.5) is 0 Å². The van der Waals surface area contributed by atoms with Crippen molar-refractivity contribution in [3.63, 3.8) is 0 Å². The minimum atomic E-state index is -1.28. The molecule has 0 aliphatic carbocycles. The van der Waals surface area contributed by atoms with Crippen LogP contribution in [0.3, 0.4) is 0 Å². The number of hydrogen-bond acceptors (Lipinski definition) is 4. The maximum Gasteiger partial charge on any atom is 2.00 e. The van der Waals surface area contributed by atoms with E-state index in [-0.39, 0.29) is 61.4 Å². The summed E-state index contributed by atoms with van der Waals surface area (Å²) >= 11 is 0. The van der Waals surface area contributed by atoms with Crippen LogP contribution >= 0.6 is 0 Å². The van der Waals surface area contributed by atoms with Crippen LogP contribution in [0.1, 0.15) is 126 Å². The molecule has 2 aromatic carbocycles. The third kappa shape index (κ3) is 8.79. The van der Waals surface area contributed by atoms with E-state index < -0.39 is 11.9 Å². The topological polar surface area (TPSA) is 126 Å². The number of hydrogen-bond donors (Lipinski definition) is 0. The Morgan fingerprint density at radius 3 is 0.946 bits per heavy atom. The van der Waals surface area contributed by atoms with E-state index >= 15 is 0 Å². The van der Waals surface area contributed by atoms with Crippen molar-refractivity contribution in [2.24, 2.45) is 0 Å². The molecule has 0 saturated carbocycles. The summed E-state index contributed by atoms with van der Waals surface area (Å²) in [5, 5.41) is 38.3. The van der Waals surface area contributed by atoms with Crippen LogP contribution in [0.15, 0.2) is 24.3 Å². The van der Waals surface area contributed by atoms with Crippen LogP contribution in [0.25, 0.3) is 0 Å². The summed E-state index contributed by atoms with van der Waals surface area (Å²) in [6.45, 7) is 24.0. The summed E-state index contributed by atoms with van der Waals surface area (Å²) < 4.78 is 0. The van der Waals surface area contributed by atoms with Crippen molar-refractivity contribution in [3.8, 4) is 11.5 Å². The summed E-state index contributed by atoms with van der Waals surface area (Å²) in [7, 11) is 0. The number of rotatable bonds is 2. The van der Waals surface area contributed by atoms with Gasteiger partial charge in [0.1, 0.15) is 0 Å². The minimum Gasteiger partial charge on any atom is -0.593 e. The summed E-state index contributed by atoms with van der Waals surface area (Å²) in [5.74, 6) is -2.43. The SMILES string of the molecule is CC(C)(C)c1cc(C(=O)[O-])c([OH2+])c(C(C)(C)C)c1.CC(C)(C)c1cc(C(=O)[O-])c([OH2+])c(C(C)(C)C)c1.[Mn+2]. The molecule has 6 nitrogen and oxygen atoms in total. The van der Waals surface area contributed by atoms with Crippen molar-refractivity contribution in [2.45, 2.75) is 105 Å². The Morgan fingerprint density at radius 2 is 0.784 bits per heavy atom. The molecule has 0 aliphatic rings. The van der Waals surface area contributed by atoms with Gasteiger partial charge < -0.3 is 30.0 Å². The molecule has 205 valence electrons. The molecule has 0 atom stereocenters. The molecule has 2 aromatic rings. The zero-order valence-electron chi connectivity index (χ0n) is 24.3. The predicted molar refractivity (Wildman–Crippen MR) is 142 cm³/mol. The molecule has 2 rings (SSSR count). The maximum atomic E-state index is 11.1. The van der Waals surface area contributed by atoms with Gasteiger partial charge in [-0.15, -0.1) is 0 Å². The molecule has 0 spiro atoms. The Labute approximate surface area is 232 Å². The molecule has 4 N–H and O–H groups in total. The van der Waals surface area contributed by atoms with E-state index in [1.807, 2.05) is 95.2 Å². The molecule has 37 heavy (non-hydrogen) atoms. The molecule has 0 saturated heterocycles. The van der Waals surface area contributed by atoms with Crippen LogP contribution in [-0.2, 0) is 38.7 Å². The van der Waals surface area contributed by atoms with Crippen LogP contribution in [0, 0.1) is 0 Å². The molecule has 0 fully saturated rings.